The second kappa shape index (κ2) is 7.99. The van der Waals surface area contributed by atoms with Gasteiger partial charge in [0, 0.05) is 17.2 Å². The van der Waals surface area contributed by atoms with Gasteiger partial charge in [0.2, 0.25) is 0 Å². The van der Waals surface area contributed by atoms with E-state index in [4.69, 9.17) is 9.72 Å². The lowest BCUT2D eigenvalue weighted by molar-refractivity contribution is 0.333. The molecule has 1 aromatic heterocycles. The normalized spacial score (nSPS) is 21.3. The quantitative estimate of drug-likeness (QED) is 0.662. The fourth-order valence-electron chi connectivity index (χ4n) is 2.36. The van der Waals surface area contributed by atoms with Crippen LogP contribution >= 0.6 is 11.3 Å². The van der Waals surface area contributed by atoms with Gasteiger partial charge in [0.05, 0.1) is 24.1 Å². The Morgan fingerprint density at radius 1 is 1.43 bits per heavy atom. The molecule has 2 rings (SSSR count). The first kappa shape index (κ1) is 15.8. The largest absolute Gasteiger partial charge is 0.504 e. The number of hydrogen-bond acceptors (Lipinski definition) is 3. The number of nitrogens with zero attached hydrogens (tertiary/aromatic N) is 1. The van der Waals surface area contributed by atoms with E-state index in [0.717, 1.165) is 11.3 Å². The van der Waals surface area contributed by atoms with Gasteiger partial charge in [0.15, 0.2) is 0 Å². The zero-order valence-corrected chi connectivity index (χ0v) is 13.8. The smallest absolute Gasteiger partial charge is 0.0960 e. The maximum absolute atomic E-state index is 5.13. The molecule has 21 heavy (non-hydrogen) atoms. The van der Waals surface area contributed by atoms with E-state index >= 15 is 0 Å². The van der Waals surface area contributed by atoms with Gasteiger partial charge in [-0.15, -0.1) is 11.3 Å². The molecule has 0 N–H and O–H groups in total. The summed E-state index contributed by atoms with van der Waals surface area (Å²) in [5.41, 5.74) is 2.21. The summed E-state index contributed by atoms with van der Waals surface area (Å²) in [7, 11) is 1.68. The van der Waals surface area contributed by atoms with Gasteiger partial charge in [0.1, 0.15) is 0 Å². The van der Waals surface area contributed by atoms with Crippen molar-refractivity contribution in [2.45, 2.75) is 32.6 Å². The maximum Gasteiger partial charge on any atom is 0.0960 e. The Balaban J connectivity index is 2.05. The number of thiazole rings is 1. The van der Waals surface area contributed by atoms with Crippen molar-refractivity contribution in [3.05, 3.63) is 58.3 Å². The van der Waals surface area contributed by atoms with Crippen LogP contribution in [0.3, 0.4) is 0 Å². The first-order chi connectivity index (χ1) is 10.2. The Bertz CT molecular complexity index is 566. The van der Waals surface area contributed by atoms with Crippen LogP contribution in [0.25, 0.3) is 6.08 Å². The molecule has 0 radical (unpaired) electrons. The molecule has 2 unspecified atom stereocenters. The molecular weight excluding hydrogens is 278 g/mol. The molecule has 2 atom stereocenters. The Hall–Kier alpha value is -1.61. The fourth-order valence-corrected chi connectivity index (χ4v) is 3.25. The topological polar surface area (TPSA) is 22.1 Å². The summed E-state index contributed by atoms with van der Waals surface area (Å²) in [5.74, 6) is 0.816. The lowest BCUT2D eigenvalue weighted by Crippen LogP contribution is -1.98. The monoisotopic (exact) mass is 301 g/mol. The predicted octanol–water partition coefficient (Wildman–Crippen LogP) is 5.33. The summed E-state index contributed by atoms with van der Waals surface area (Å²) < 4.78 is 5.13. The summed E-state index contributed by atoms with van der Waals surface area (Å²) >= 11 is 1.76. The van der Waals surface area contributed by atoms with Crippen LogP contribution in [0.2, 0.25) is 0 Å². The molecule has 1 aromatic rings. The number of methoxy groups -OCH3 is 1. The molecule has 1 aliphatic carbocycles. The third kappa shape index (κ3) is 4.43. The lowest BCUT2D eigenvalue weighted by atomic mass is 9.95. The van der Waals surface area contributed by atoms with Crippen molar-refractivity contribution in [1.82, 2.24) is 4.98 Å². The predicted molar refractivity (Wildman–Crippen MR) is 91.3 cm³/mol. The molecule has 3 heteroatoms. The van der Waals surface area contributed by atoms with E-state index in [1.54, 1.807) is 24.7 Å². The number of rotatable bonds is 6. The Morgan fingerprint density at radius 3 is 3.05 bits per heavy atom. The van der Waals surface area contributed by atoms with Gasteiger partial charge >= 0.3 is 0 Å². The van der Waals surface area contributed by atoms with Crippen LogP contribution in [0.15, 0.2) is 47.6 Å². The third-order valence-electron chi connectivity index (χ3n) is 3.51. The van der Waals surface area contributed by atoms with Crippen LogP contribution in [-0.2, 0) is 4.74 Å². The van der Waals surface area contributed by atoms with Gasteiger partial charge < -0.3 is 4.74 Å². The minimum atomic E-state index is 0.258. The third-order valence-corrected chi connectivity index (χ3v) is 4.61. The molecule has 0 saturated carbocycles. The van der Waals surface area contributed by atoms with Crippen LogP contribution in [-0.4, -0.2) is 12.1 Å². The van der Waals surface area contributed by atoms with E-state index in [9.17, 15) is 0 Å². The highest BCUT2D eigenvalue weighted by Gasteiger charge is 2.10. The molecule has 0 saturated heterocycles. The van der Waals surface area contributed by atoms with Gasteiger partial charge in [0.25, 0.3) is 0 Å². The minimum Gasteiger partial charge on any atom is -0.504 e. The van der Waals surface area contributed by atoms with E-state index in [2.05, 4.69) is 49.6 Å². The van der Waals surface area contributed by atoms with Crippen LogP contribution in [0.5, 0.6) is 0 Å². The van der Waals surface area contributed by atoms with Crippen molar-refractivity contribution < 1.29 is 4.74 Å². The van der Waals surface area contributed by atoms with Crippen molar-refractivity contribution in [1.29, 1.82) is 0 Å². The van der Waals surface area contributed by atoms with E-state index in [-0.39, 0.29) is 5.92 Å². The highest BCUT2D eigenvalue weighted by molar-refractivity contribution is 7.09. The van der Waals surface area contributed by atoms with Gasteiger partial charge in [-0.1, -0.05) is 50.6 Å². The summed E-state index contributed by atoms with van der Waals surface area (Å²) in [6, 6.07) is 0. The second-order valence-electron chi connectivity index (χ2n) is 5.28. The Labute approximate surface area is 131 Å². The van der Waals surface area contributed by atoms with Crippen molar-refractivity contribution in [2.75, 3.05) is 7.11 Å². The molecule has 0 bridgehead atoms. The van der Waals surface area contributed by atoms with E-state index in [1.165, 1.54) is 17.8 Å². The summed E-state index contributed by atoms with van der Waals surface area (Å²) in [4.78, 5) is 4.72. The van der Waals surface area contributed by atoms with Crippen LogP contribution in [0.4, 0.5) is 0 Å². The van der Waals surface area contributed by atoms with Crippen molar-refractivity contribution >= 4 is 17.4 Å². The highest BCUT2D eigenvalue weighted by Crippen LogP contribution is 2.26. The molecule has 0 aromatic carbocycles. The molecule has 0 amide bonds. The van der Waals surface area contributed by atoms with Gasteiger partial charge in [-0.3, -0.25) is 0 Å². The lowest BCUT2D eigenvalue weighted by Gasteiger charge is -2.11. The maximum atomic E-state index is 5.13. The molecule has 1 heterocycles. The van der Waals surface area contributed by atoms with E-state index in [0.29, 0.717) is 5.92 Å². The molecule has 0 aliphatic heterocycles. The zero-order valence-electron chi connectivity index (χ0n) is 13.0. The van der Waals surface area contributed by atoms with Gasteiger partial charge in [-0.05, 0) is 18.1 Å². The highest BCUT2D eigenvalue weighted by atomic mass is 32.1. The van der Waals surface area contributed by atoms with Gasteiger partial charge in [-0.25, -0.2) is 4.98 Å². The minimum absolute atomic E-state index is 0.258. The number of allylic oxidation sites excluding steroid dienone is 6. The van der Waals surface area contributed by atoms with E-state index < -0.39 is 0 Å². The fraction of sp³-hybridized carbons (Fsp3) is 0.389. The first-order valence-electron chi connectivity index (χ1n) is 7.46. The summed E-state index contributed by atoms with van der Waals surface area (Å²) in [6.45, 7) is 4.47. The molecule has 2 nitrogen and oxygen atoms in total. The summed E-state index contributed by atoms with van der Waals surface area (Å²) in [6.07, 6.45) is 16.8. The zero-order chi connectivity index (χ0) is 15.1. The van der Waals surface area contributed by atoms with Crippen LogP contribution in [0, 0.1) is 5.92 Å². The standard InChI is InChI=1S/C18H23NOS/c1-4-7-14(2)18-19-17(13-21-18)11-10-15-8-5-6-9-16(15)12-20-3/h5-6,8-15H,4,7H2,1-3H3. The number of aromatic nitrogens is 1. The average Bonchev–Trinajstić information content (AvgIpc) is 2.96. The molecule has 1 aliphatic rings. The molecule has 0 spiro atoms. The molecule has 0 fully saturated rings. The number of hydrogen-bond donors (Lipinski definition) is 0. The van der Waals surface area contributed by atoms with Crippen LogP contribution in [0.1, 0.15) is 43.3 Å². The Kier molecular flexibility index (Phi) is 6.00. The van der Waals surface area contributed by atoms with Crippen LogP contribution < -0.4 is 0 Å². The Morgan fingerprint density at radius 2 is 2.29 bits per heavy atom. The van der Waals surface area contributed by atoms with Gasteiger partial charge in [-0.2, -0.15) is 0 Å². The number of ether oxygens (including phenoxy) is 1. The van der Waals surface area contributed by atoms with Crippen molar-refractivity contribution in [2.24, 2.45) is 5.92 Å². The van der Waals surface area contributed by atoms with Crippen molar-refractivity contribution in [3.63, 3.8) is 0 Å². The average molecular weight is 301 g/mol. The second-order valence-corrected chi connectivity index (χ2v) is 6.17. The summed E-state index contributed by atoms with van der Waals surface area (Å²) in [5, 5.41) is 3.38. The molecule has 112 valence electrons. The van der Waals surface area contributed by atoms with E-state index in [1.807, 2.05) is 6.08 Å². The van der Waals surface area contributed by atoms with Crippen molar-refractivity contribution in [3.8, 4) is 0 Å². The molecular formula is C18H23NOS. The SMILES string of the molecule is CCCC(C)c1nc(C=CC2C=CC=CC2=COC)cs1. The first-order valence-corrected chi connectivity index (χ1v) is 8.34.